The van der Waals surface area contributed by atoms with E-state index in [0.29, 0.717) is 0 Å². The van der Waals surface area contributed by atoms with Crippen LogP contribution in [0, 0.1) is 0 Å². The van der Waals surface area contributed by atoms with Gasteiger partial charge in [0.05, 0.1) is 19.1 Å². The fourth-order valence-electron chi connectivity index (χ4n) is 1.43. The highest BCUT2D eigenvalue weighted by atomic mass is 16.3. The number of aromatic amines is 1. The van der Waals surface area contributed by atoms with Crippen molar-refractivity contribution in [3.63, 3.8) is 0 Å². The van der Waals surface area contributed by atoms with E-state index in [1.165, 1.54) is 17.3 Å². The van der Waals surface area contributed by atoms with Gasteiger partial charge in [-0.05, 0) is 0 Å². The van der Waals surface area contributed by atoms with E-state index < -0.39 is 11.7 Å². The second-order valence-corrected chi connectivity index (χ2v) is 3.10. The van der Waals surface area contributed by atoms with Gasteiger partial charge >= 0.3 is 0 Å². The topological polar surface area (TPSA) is 86.3 Å². The molecule has 1 atom stereocenters. The number of aliphatic hydroxyl groups is 1. The first-order valence-corrected chi connectivity index (χ1v) is 4.20. The van der Waals surface area contributed by atoms with Gasteiger partial charge in [-0.3, -0.25) is 14.5 Å². The molecule has 1 aliphatic heterocycles. The Morgan fingerprint density at radius 2 is 2.36 bits per heavy atom. The van der Waals surface area contributed by atoms with Crippen LogP contribution in [-0.2, 0) is 4.79 Å². The van der Waals surface area contributed by atoms with E-state index in [1.54, 1.807) is 0 Å². The molecule has 2 heterocycles. The molecule has 0 aromatic carbocycles. The average Bonchev–Trinajstić information content (AvgIpc) is 2.46. The first kappa shape index (κ1) is 8.89. The van der Waals surface area contributed by atoms with Gasteiger partial charge in [-0.25, -0.2) is 4.98 Å². The molecule has 2 rings (SSSR count). The molecule has 0 spiro atoms. The maximum absolute atomic E-state index is 11.3. The van der Waals surface area contributed by atoms with Crippen molar-refractivity contribution in [2.45, 2.75) is 12.5 Å². The fraction of sp³-hybridized carbons (Fsp3) is 0.375. The zero-order valence-corrected chi connectivity index (χ0v) is 7.30. The molecular weight excluding hydrogens is 186 g/mol. The predicted octanol–water partition coefficient (Wildman–Crippen LogP) is -1.13. The van der Waals surface area contributed by atoms with Crippen molar-refractivity contribution in [2.75, 3.05) is 11.4 Å². The summed E-state index contributed by atoms with van der Waals surface area (Å²) in [5, 5.41) is 9.22. The highest BCUT2D eigenvalue weighted by Gasteiger charge is 2.31. The van der Waals surface area contributed by atoms with Crippen LogP contribution in [0.1, 0.15) is 6.42 Å². The summed E-state index contributed by atoms with van der Waals surface area (Å²) < 4.78 is 0. The van der Waals surface area contributed by atoms with E-state index in [4.69, 9.17) is 0 Å². The van der Waals surface area contributed by atoms with E-state index in [2.05, 4.69) is 9.97 Å². The Morgan fingerprint density at radius 1 is 1.57 bits per heavy atom. The monoisotopic (exact) mass is 195 g/mol. The van der Waals surface area contributed by atoms with Crippen LogP contribution in [0.5, 0.6) is 0 Å². The van der Waals surface area contributed by atoms with Gasteiger partial charge in [0.2, 0.25) is 11.7 Å². The van der Waals surface area contributed by atoms with Crippen molar-refractivity contribution in [3.8, 4) is 0 Å². The molecule has 1 aliphatic rings. The van der Waals surface area contributed by atoms with Crippen LogP contribution in [0.25, 0.3) is 0 Å². The minimum atomic E-state index is -0.705. The number of carbonyl (C=O) groups excluding carboxylic acids is 1. The van der Waals surface area contributed by atoms with Crippen molar-refractivity contribution in [1.29, 1.82) is 0 Å². The van der Waals surface area contributed by atoms with Crippen LogP contribution in [-0.4, -0.2) is 33.6 Å². The molecule has 1 aromatic rings. The van der Waals surface area contributed by atoms with Crippen LogP contribution in [0.15, 0.2) is 17.2 Å². The van der Waals surface area contributed by atoms with Gasteiger partial charge < -0.3 is 10.1 Å². The Kier molecular flexibility index (Phi) is 2.05. The zero-order valence-electron chi connectivity index (χ0n) is 7.30. The van der Waals surface area contributed by atoms with Gasteiger partial charge in [0.25, 0.3) is 5.56 Å². The van der Waals surface area contributed by atoms with Gasteiger partial charge in [-0.1, -0.05) is 0 Å². The summed E-state index contributed by atoms with van der Waals surface area (Å²) in [5.74, 6) is -0.226. The van der Waals surface area contributed by atoms with Crippen molar-refractivity contribution < 1.29 is 9.90 Å². The first-order valence-electron chi connectivity index (χ1n) is 4.20. The maximum atomic E-state index is 11.3. The number of hydrogen-bond acceptors (Lipinski definition) is 4. The average molecular weight is 195 g/mol. The number of amides is 1. The Balaban J connectivity index is 2.37. The zero-order chi connectivity index (χ0) is 10.1. The summed E-state index contributed by atoms with van der Waals surface area (Å²) in [7, 11) is 0. The molecule has 0 saturated carbocycles. The molecule has 0 radical (unpaired) electrons. The number of hydrogen-bond donors (Lipinski definition) is 2. The van der Waals surface area contributed by atoms with E-state index in [1.807, 2.05) is 0 Å². The van der Waals surface area contributed by atoms with Gasteiger partial charge in [0, 0.05) is 12.4 Å². The van der Waals surface area contributed by atoms with Crippen molar-refractivity contribution in [2.24, 2.45) is 0 Å². The van der Waals surface area contributed by atoms with Gasteiger partial charge in [-0.2, -0.15) is 0 Å². The maximum Gasteiger partial charge on any atom is 0.291 e. The minimum Gasteiger partial charge on any atom is -0.391 e. The number of aliphatic hydroxyl groups excluding tert-OH is 1. The van der Waals surface area contributed by atoms with Crippen LogP contribution >= 0.6 is 0 Å². The molecule has 0 aliphatic carbocycles. The van der Waals surface area contributed by atoms with Crippen LogP contribution in [0.3, 0.4) is 0 Å². The van der Waals surface area contributed by atoms with Gasteiger partial charge in [0.1, 0.15) is 0 Å². The number of rotatable bonds is 1. The molecule has 2 N–H and O–H groups in total. The Hall–Kier alpha value is -1.69. The van der Waals surface area contributed by atoms with Crippen LogP contribution in [0.2, 0.25) is 0 Å². The summed E-state index contributed by atoms with van der Waals surface area (Å²) in [6.07, 6.45) is 2.14. The summed E-state index contributed by atoms with van der Waals surface area (Å²) in [6.45, 7) is 0.138. The lowest BCUT2D eigenvalue weighted by Gasteiger charge is -2.12. The van der Waals surface area contributed by atoms with E-state index in [9.17, 15) is 14.7 Å². The number of carbonyl (C=O) groups is 1. The fourth-order valence-corrected chi connectivity index (χ4v) is 1.43. The molecule has 6 nitrogen and oxygen atoms in total. The summed E-state index contributed by atoms with van der Waals surface area (Å²) in [5.41, 5.74) is -0.421. The third-order valence-electron chi connectivity index (χ3n) is 2.05. The third-order valence-corrected chi connectivity index (χ3v) is 2.05. The molecule has 74 valence electrons. The predicted molar refractivity (Wildman–Crippen MR) is 47.8 cm³/mol. The van der Waals surface area contributed by atoms with Crippen LogP contribution < -0.4 is 10.5 Å². The van der Waals surface area contributed by atoms with E-state index >= 15 is 0 Å². The number of H-pyrrole nitrogens is 1. The molecule has 1 amide bonds. The number of anilines is 1. The van der Waals surface area contributed by atoms with Gasteiger partial charge in [-0.15, -0.1) is 0 Å². The SMILES string of the molecule is O=C1CC(O)CN1c1ncc[nH]c1=O. The summed E-state index contributed by atoms with van der Waals surface area (Å²) in [4.78, 5) is 30.0. The molecule has 1 unspecified atom stereocenters. The number of aromatic nitrogens is 2. The lowest BCUT2D eigenvalue weighted by molar-refractivity contribution is -0.117. The van der Waals surface area contributed by atoms with Crippen molar-refractivity contribution in [1.82, 2.24) is 9.97 Å². The second kappa shape index (κ2) is 3.22. The number of nitrogens with zero attached hydrogens (tertiary/aromatic N) is 2. The molecular formula is C8H9N3O3. The normalized spacial score (nSPS) is 21.6. The number of β-amino-alcohol motifs (C(OH)–C–C–N with tert-alkyl or cyclic N) is 1. The Bertz CT molecular complexity index is 414. The quantitative estimate of drug-likeness (QED) is 0.593. The molecule has 14 heavy (non-hydrogen) atoms. The molecule has 1 aromatic heterocycles. The van der Waals surface area contributed by atoms with E-state index in [0.717, 1.165) is 0 Å². The standard InChI is InChI=1S/C8H9N3O3/c12-5-3-6(13)11(4-5)7-8(14)10-2-1-9-7/h1-2,5,12H,3-4H2,(H,10,14). The Labute approximate surface area is 79.2 Å². The highest BCUT2D eigenvalue weighted by Crippen LogP contribution is 2.14. The molecule has 6 heteroatoms. The summed E-state index contributed by atoms with van der Waals surface area (Å²) >= 11 is 0. The molecule has 0 bridgehead atoms. The third kappa shape index (κ3) is 1.39. The Morgan fingerprint density at radius 3 is 2.93 bits per heavy atom. The lowest BCUT2D eigenvalue weighted by atomic mass is 10.3. The second-order valence-electron chi connectivity index (χ2n) is 3.10. The van der Waals surface area contributed by atoms with Crippen LogP contribution in [0.4, 0.5) is 5.82 Å². The van der Waals surface area contributed by atoms with E-state index in [-0.39, 0.29) is 24.7 Å². The lowest BCUT2D eigenvalue weighted by Crippen LogP contribution is -2.31. The number of nitrogens with one attached hydrogen (secondary N) is 1. The highest BCUT2D eigenvalue weighted by molar-refractivity contribution is 5.94. The summed E-state index contributed by atoms with van der Waals surface area (Å²) in [6, 6.07) is 0. The van der Waals surface area contributed by atoms with Crippen molar-refractivity contribution >= 4 is 11.7 Å². The van der Waals surface area contributed by atoms with Crippen molar-refractivity contribution in [3.05, 3.63) is 22.7 Å². The first-order chi connectivity index (χ1) is 6.68. The molecule has 1 saturated heterocycles. The minimum absolute atomic E-state index is 0.0500. The van der Waals surface area contributed by atoms with Gasteiger partial charge in [0.15, 0.2) is 0 Å². The molecule has 1 fully saturated rings. The largest absolute Gasteiger partial charge is 0.391 e. The smallest absolute Gasteiger partial charge is 0.291 e.